The minimum absolute atomic E-state index is 0.0102. The van der Waals surface area contributed by atoms with Crippen LogP contribution >= 0.6 is 0 Å². The number of rotatable bonds is 45. The second kappa shape index (κ2) is 49.3. The molecular formula is C54H103FN6O4. The van der Waals surface area contributed by atoms with E-state index in [2.05, 4.69) is 57.8 Å². The number of hydrogen-bond donors (Lipinski definition) is 2. The Morgan fingerprint density at radius 3 is 1.63 bits per heavy atom. The summed E-state index contributed by atoms with van der Waals surface area (Å²) in [6.07, 6.45) is 47.3. The predicted molar refractivity (Wildman–Crippen MR) is 275 cm³/mol. The molecule has 0 saturated carbocycles. The van der Waals surface area contributed by atoms with Crippen molar-refractivity contribution in [1.82, 2.24) is 24.8 Å². The Morgan fingerprint density at radius 2 is 1.11 bits per heavy atom. The van der Waals surface area contributed by atoms with Gasteiger partial charge in [0.15, 0.2) is 11.5 Å². The maximum Gasteiger partial charge on any atom is 0.306 e. The number of H-pyrrole nitrogens is 1. The van der Waals surface area contributed by atoms with Crippen LogP contribution in [-0.4, -0.2) is 89.8 Å². The van der Waals surface area contributed by atoms with Crippen LogP contribution in [0.5, 0.6) is 0 Å². The zero-order chi connectivity index (χ0) is 47.7. The summed E-state index contributed by atoms with van der Waals surface area (Å²) in [7, 11) is 2.39. The molecule has 0 bridgehead atoms. The van der Waals surface area contributed by atoms with E-state index < -0.39 is 0 Å². The number of carbonyl (C=O) groups is 2. The second-order valence-corrected chi connectivity index (χ2v) is 18.2. The highest BCUT2D eigenvalue weighted by Crippen LogP contribution is 2.18. The van der Waals surface area contributed by atoms with E-state index in [4.69, 9.17) is 9.47 Å². The fraction of sp³-hybridized carbons (Fsp3) is 0.870. The normalized spacial score (nSPS) is 11.6. The number of unbranched alkanes of at least 4 members (excludes halogenated alkanes) is 24. The molecular weight excluding hydrogens is 816 g/mol. The second-order valence-electron chi connectivity index (χ2n) is 18.2. The Kier molecular flexibility index (Phi) is 47.2. The number of carbonyl (C=O) groups excluding carboxylic acids is 2. The van der Waals surface area contributed by atoms with E-state index in [9.17, 15) is 14.0 Å². The number of imidazole rings is 1. The Balaban J connectivity index is 0.00000163. The number of nitrogens with zero attached hydrogens (tertiary/aromatic N) is 4. The predicted octanol–water partition coefficient (Wildman–Crippen LogP) is 15.5. The third-order valence-corrected chi connectivity index (χ3v) is 12.5. The van der Waals surface area contributed by atoms with Crippen LogP contribution < -0.4 is 5.32 Å². The highest BCUT2D eigenvalue weighted by Gasteiger charge is 2.13. The van der Waals surface area contributed by atoms with Crippen molar-refractivity contribution in [2.24, 2.45) is 0 Å². The fourth-order valence-corrected chi connectivity index (χ4v) is 8.40. The zero-order valence-electron chi connectivity index (χ0n) is 43.3. The maximum absolute atomic E-state index is 12.4. The first-order chi connectivity index (χ1) is 32.0. The number of anilines is 1. The molecule has 380 valence electrons. The largest absolute Gasteiger partial charge is 0.462 e. The van der Waals surface area contributed by atoms with Gasteiger partial charge in [-0.05, 0) is 83.8 Å². The van der Waals surface area contributed by atoms with Gasteiger partial charge in [-0.25, -0.2) is 15.0 Å². The summed E-state index contributed by atoms with van der Waals surface area (Å²) in [5.74, 6) is 0.797. The lowest BCUT2D eigenvalue weighted by molar-refractivity contribution is -0.149. The lowest BCUT2D eigenvalue weighted by atomic mass is 10.0. The maximum atomic E-state index is 12.4. The molecule has 2 aromatic heterocycles. The van der Waals surface area contributed by atoms with Crippen LogP contribution in [0.2, 0.25) is 0 Å². The molecule has 0 aliphatic heterocycles. The van der Waals surface area contributed by atoms with Crippen LogP contribution in [0.25, 0.3) is 11.2 Å². The SMILES string of the molecule is CCCCCCCCC(CC)OC(=O)CCCCCCCN(CCCCCCCC=O)CCCNc1ncnc2nc[nH]c12.CCCCCCCCC(CCCCCCCC)OC.CF. The summed E-state index contributed by atoms with van der Waals surface area (Å²) in [4.78, 5) is 41.4. The van der Waals surface area contributed by atoms with Gasteiger partial charge in [-0.3, -0.25) is 9.18 Å². The zero-order valence-corrected chi connectivity index (χ0v) is 43.3. The molecule has 1 unspecified atom stereocenters. The van der Waals surface area contributed by atoms with Crippen molar-refractivity contribution in [2.75, 3.05) is 45.8 Å². The van der Waals surface area contributed by atoms with Gasteiger partial charge in [0.05, 0.1) is 19.6 Å². The average molecular weight is 919 g/mol. The molecule has 0 radical (unpaired) electrons. The van der Waals surface area contributed by atoms with Gasteiger partial charge in [0, 0.05) is 26.5 Å². The van der Waals surface area contributed by atoms with E-state index in [1.807, 2.05) is 7.11 Å². The summed E-state index contributed by atoms with van der Waals surface area (Å²) in [5.41, 5.74) is 1.54. The van der Waals surface area contributed by atoms with E-state index in [1.165, 1.54) is 167 Å². The number of ether oxygens (including phenoxy) is 2. The number of aromatic nitrogens is 4. The summed E-state index contributed by atoms with van der Waals surface area (Å²) < 4.78 is 20.9. The topological polar surface area (TPSA) is 122 Å². The molecule has 2 rings (SSSR count). The van der Waals surface area contributed by atoms with Gasteiger partial charge in [0.1, 0.15) is 24.2 Å². The van der Waals surface area contributed by atoms with E-state index >= 15 is 0 Å². The van der Waals surface area contributed by atoms with Crippen molar-refractivity contribution in [3.63, 3.8) is 0 Å². The molecule has 10 nitrogen and oxygen atoms in total. The van der Waals surface area contributed by atoms with Crippen molar-refractivity contribution < 1.29 is 23.5 Å². The van der Waals surface area contributed by atoms with Crippen LogP contribution in [0.3, 0.4) is 0 Å². The lowest BCUT2D eigenvalue weighted by Gasteiger charge is -2.22. The fourth-order valence-electron chi connectivity index (χ4n) is 8.40. The molecule has 0 fully saturated rings. The van der Waals surface area contributed by atoms with Crippen LogP contribution in [0.1, 0.15) is 252 Å². The van der Waals surface area contributed by atoms with Crippen molar-refractivity contribution in [3.05, 3.63) is 12.7 Å². The number of aldehydes is 1. The summed E-state index contributed by atoms with van der Waals surface area (Å²) in [5, 5.41) is 3.44. The van der Waals surface area contributed by atoms with Gasteiger partial charge < -0.3 is 29.5 Å². The first-order valence-electron chi connectivity index (χ1n) is 27.2. The highest BCUT2D eigenvalue weighted by atomic mass is 19.1. The average Bonchev–Trinajstić information content (AvgIpc) is 3.82. The Bertz CT molecular complexity index is 1270. The first kappa shape index (κ1) is 62.3. The van der Waals surface area contributed by atoms with Gasteiger partial charge in [0.2, 0.25) is 0 Å². The van der Waals surface area contributed by atoms with Crippen LogP contribution in [0.4, 0.5) is 10.2 Å². The summed E-state index contributed by atoms with van der Waals surface area (Å²) in [6, 6.07) is 0. The number of esters is 1. The molecule has 1 atom stereocenters. The van der Waals surface area contributed by atoms with E-state index in [-0.39, 0.29) is 12.1 Å². The van der Waals surface area contributed by atoms with E-state index in [0.29, 0.717) is 31.8 Å². The summed E-state index contributed by atoms with van der Waals surface area (Å²) >= 11 is 0. The van der Waals surface area contributed by atoms with Gasteiger partial charge in [-0.1, -0.05) is 175 Å². The van der Waals surface area contributed by atoms with Crippen molar-refractivity contribution in [2.45, 2.75) is 265 Å². The number of methoxy groups -OCH3 is 1. The summed E-state index contributed by atoms with van der Waals surface area (Å²) in [6.45, 7) is 13.1. The van der Waals surface area contributed by atoms with Gasteiger partial charge in [0.25, 0.3) is 0 Å². The molecule has 0 amide bonds. The lowest BCUT2D eigenvalue weighted by Crippen LogP contribution is -2.28. The quantitative estimate of drug-likeness (QED) is 0.0380. The van der Waals surface area contributed by atoms with Crippen molar-refractivity contribution in [1.29, 1.82) is 0 Å². The molecule has 0 aliphatic rings. The van der Waals surface area contributed by atoms with E-state index in [1.54, 1.807) is 12.7 Å². The smallest absolute Gasteiger partial charge is 0.306 e. The minimum Gasteiger partial charge on any atom is -0.462 e. The molecule has 11 heteroatoms. The highest BCUT2D eigenvalue weighted by molar-refractivity contribution is 5.81. The molecule has 2 N–H and O–H groups in total. The standard InChI is InChI=1S/C35H62N6O3.C18H38O.CH3F/c1-3-5-6-7-11-16-22-31(4-2)44-32(43)23-17-12-10-14-19-26-41(25-18-13-8-9-15-20-28-42)27-21-24-36-34-33-35(38-29-37-33)40-30-39-34;1-4-6-8-10-12-14-16-18(19-3)17-15-13-11-9-7-5-2;1-2/h28-31H,3-27H2,1-2H3,(H2,36,37,38,39,40);18H,4-17H2,1-3H3;1H3. The van der Waals surface area contributed by atoms with Gasteiger partial charge in [-0.2, -0.15) is 0 Å². The number of aromatic amines is 1. The Morgan fingerprint density at radius 1 is 0.631 bits per heavy atom. The third-order valence-electron chi connectivity index (χ3n) is 12.5. The Hall–Kier alpha value is -2.66. The Labute approximate surface area is 399 Å². The number of alkyl halides is 1. The van der Waals surface area contributed by atoms with E-state index in [0.717, 1.165) is 88.7 Å². The molecule has 0 aromatic carbocycles. The molecule has 0 spiro atoms. The monoisotopic (exact) mass is 919 g/mol. The number of halogens is 1. The number of hydrogen-bond acceptors (Lipinski definition) is 9. The van der Waals surface area contributed by atoms with Crippen molar-refractivity contribution >= 4 is 29.2 Å². The van der Waals surface area contributed by atoms with Gasteiger partial charge >= 0.3 is 5.97 Å². The molecule has 2 heterocycles. The van der Waals surface area contributed by atoms with Crippen LogP contribution in [-0.2, 0) is 19.1 Å². The third kappa shape index (κ3) is 38.1. The molecule has 65 heavy (non-hydrogen) atoms. The van der Waals surface area contributed by atoms with Crippen LogP contribution in [0.15, 0.2) is 12.7 Å². The molecule has 0 saturated heterocycles. The molecule has 2 aromatic rings. The van der Waals surface area contributed by atoms with Crippen molar-refractivity contribution in [3.8, 4) is 0 Å². The van der Waals surface area contributed by atoms with Crippen LogP contribution in [0, 0.1) is 0 Å². The minimum atomic E-state index is -0.0102. The van der Waals surface area contributed by atoms with Gasteiger partial charge in [-0.15, -0.1) is 0 Å². The number of nitrogens with one attached hydrogen (secondary N) is 2. The number of fused-ring (bicyclic) bond motifs is 1. The first-order valence-corrected chi connectivity index (χ1v) is 27.2. The molecule has 0 aliphatic carbocycles.